The Morgan fingerprint density at radius 3 is 2.36 bits per heavy atom. The maximum Gasteiger partial charge on any atom is 0.334 e. The van der Waals surface area contributed by atoms with Gasteiger partial charge in [-0.15, -0.1) is 11.8 Å². The molecule has 0 saturated heterocycles. The Morgan fingerprint density at radius 2 is 2.00 bits per heavy atom. The highest BCUT2D eigenvalue weighted by atomic mass is 32.2. The van der Waals surface area contributed by atoms with Crippen LogP contribution in [0.4, 0.5) is 0 Å². The first-order valence-corrected chi connectivity index (χ1v) is 4.96. The molecule has 0 rings (SSSR count). The van der Waals surface area contributed by atoms with Crippen molar-refractivity contribution >= 4 is 23.6 Å². The van der Waals surface area contributed by atoms with E-state index in [0.717, 1.165) is 11.8 Å². The van der Waals surface area contributed by atoms with Crippen LogP contribution in [0.1, 0.15) is 12.8 Å². The maximum atomic E-state index is 10.8. The van der Waals surface area contributed by atoms with Gasteiger partial charge in [0, 0.05) is 12.2 Å². The molecule has 0 radical (unpaired) electrons. The van der Waals surface area contributed by atoms with Gasteiger partial charge in [0.05, 0.1) is 6.61 Å². The molecule has 0 bridgehead atoms. The monoisotopic (exact) mass is 222 g/mol. The van der Waals surface area contributed by atoms with Crippen molar-refractivity contribution in [2.45, 2.75) is 17.7 Å². The van der Waals surface area contributed by atoms with E-state index < -0.39 is 16.7 Å². The lowest BCUT2D eigenvalue weighted by Gasteiger charge is -2.22. The molecule has 82 valence electrons. The van der Waals surface area contributed by atoms with E-state index in [1.807, 2.05) is 0 Å². The van der Waals surface area contributed by atoms with Crippen LogP contribution < -0.4 is 11.5 Å². The van der Waals surface area contributed by atoms with E-state index in [4.69, 9.17) is 21.7 Å². The van der Waals surface area contributed by atoms with Gasteiger partial charge in [-0.3, -0.25) is 4.79 Å². The van der Waals surface area contributed by atoms with Gasteiger partial charge in [0.15, 0.2) is 4.87 Å². The number of amides is 1. The van der Waals surface area contributed by atoms with Crippen LogP contribution in [0.25, 0.3) is 0 Å². The highest BCUT2D eigenvalue weighted by Gasteiger charge is 2.34. The second-order valence-corrected chi connectivity index (χ2v) is 4.16. The molecule has 0 aliphatic carbocycles. The number of carbonyl (C=O) groups excluding carboxylic acids is 1. The van der Waals surface area contributed by atoms with Crippen LogP contribution in [-0.2, 0) is 9.59 Å². The summed E-state index contributed by atoms with van der Waals surface area (Å²) in [6, 6.07) is 0. The van der Waals surface area contributed by atoms with Gasteiger partial charge in [-0.1, -0.05) is 0 Å². The van der Waals surface area contributed by atoms with Crippen molar-refractivity contribution in [2.24, 2.45) is 11.5 Å². The first-order chi connectivity index (χ1) is 6.42. The van der Waals surface area contributed by atoms with Crippen molar-refractivity contribution in [1.82, 2.24) is 0 Å². The zero-order valence-corrected chi connectivity index (χ0v) is 8.42. The van der Waals surface area contributed by atoms with Gasteiger partial charge in [0.25, 0.3) is 0 Å². The van der Waals surface area contributed by atoms with Crippen molar-refractivity contribution in [2.75, 3.05) is 12.4 Å². The molecule has 0 aromatic rings. The summed E-state index contributed by atoms with van der Waals surface area (Å²) in [5.41, 5.74) is 10.4. The molecule has 7 heteroatoms. The van der Waals surface area contributed by atoms with Crippen molar-refractivity contribution in [3.05, 3.63) is 0 Å². The van der Waals surface area contributed by atoms with Gasteiger partial charge in [-0.05, 0) is 6.42 Å². The number of aliphatic hydroxyl groups is 1. The predicted molar refractivity (Wildman–Crippen MR) is 52.5 cm³/mol. The molecular formula is C7H14N2O4S. The van der Waals surface area contributed by atoms with Crippen LogP contribution in [0.2, 0.25) is 0 Å². The van der Waals surface area contributed by atoms with E-state index in [1.165, 1.54) is 0 Å². The third-order valence-corrected chi connectivity index (χ3v) is 2.84. The van der Waals surface area contributed by atoms with Crippen LogP contribution >= 0.6 is 11.8 Å². The largest absolute Gasteiger partial charge is 0.479 e. The molecule has 0 saturated carbocycles. The molecule has 0 aliphatic rings. The highest BCUT2D eigenvalue weighted by molar-refractivity contribution is 8.01. The summed E-state index contributed by atoms with van der Waals surface area (Å²) in [5.74, 6) is -1.59. The molecule has 0 fully saturated rings. The van der Waals surface area contributed by atoms with Gasteiger partial charge < -0.3 is 21.7 Å². The van der Waals surface area contributed by atoms with Crippen molar-refractivity contribution in [3.8, 4) is 0 Å². The minimum Gasteiger partial charge on any atom is -0.479 e. The molecule has 6 nitrogen and oxygen atoms in total. The average Bonchev–Trinajstić information content (AvgIpc) is 2.11. The SMILES string of the molecule is NC(=O)CC[C@](N)(SCCO)C(=O)O. The standard InChI is InChI=1S/C7H14N2O4S/c8-5(11)1-2-7(9,6(12)13)14-4-3-10/h10H,1-4,9H2,(H2,8,11)(H,12,13)/t7-/m0/s1. The zero-order chi connectivity index (χ0) is 11.2. The fourth-order valence-corrected chi connectivity index (χ4v) is 1.60. The number of aliphatic hydroxyl groups excluding tert-OH is 1. The number of rotatable bonds is 7. The molecule has 0 aliphatic heterocycles. The van der Waals surface area contributed by atoms with Gasteiger partial charge in [0.2, 0.25) is 5.91 Å². The molecule has 1 atom stereocenters. The summed E-state index contributed by atoms with van der Waals surface area (Å²) in [7, 11) is 0. The third kappa shape index (κ3) is 4.45. The second-order valence-electron chi connectivity index (χ2n) is 2.73. The maximum absolute atomic E-state index is 10.8. The first kappa shape index (κ1) is 13.2. The minimum atomic E-state index is -1.54. The molecule has 0 heterocycles. The lowest BCUT2D eigenvalue weighted by molar-refractivity contribution is -0.140. The van der Waals surface area contributed by atoms with Crippen LogP contribution in [0.15, 0.2) is 0 Å². The summed E-state index contributed by atoms with van der Waals surface area (Å²) < 4.78 is 0. The lowest BCUT2D eigenvalue weighted by Crippen LogP contribution is -2.45. The normalized spacial score (nSPS) is 14.7. The van der Waals surface area contributed by atoms with Crippen LogP contribution in [-0.4, -0.2) is 39.3 Å². The van der Waals surface area contributed by atoms with Gasteiger partial charge in [0.1, 0.15) is 0 Å². The number of thioether (sulfide) groups is 1. The van der Waals surface area contributed by atoms with E-state index in [0.29, 0.717) is 0 Å². The van der Waals surface area contributed by atoms with Crippen LogP contribution in [0, 0.1) is 0 Å². The molecule has 0 aromatic heterocycles. The molecule has 0 aromatic carbocycles. The summed E-state index contributed by atoms with van der Waals surface area (Å²) in [6.07, 6.45) is -0.121. The number of carboxylic acid groups (broad SMARTS) is 1. The van der Waals surface area contributed by atoms with E-state index in [9.17, 15) is 9.59 Å². The first-order valence-electron chi connectivity index (χ1n) is 3.98. The van der Waals surface area contributed by atoms with E-state index in [-0.39, 0.29) is 25.2 Å². The number of aliphatic carboxylic acids is 1. The average molecular weight is 222 g/mol. The molecule has 1 amide bonds. The number of carbonyl (C=O) groups is 2. The Labute approximate surface area is 85.6 Å². The van der Waals surface area contributed by atoms with Crippen LogP contribution in [0.3, 0.4) is 0 Å². The second kappa shape index (κ2) is 5.84. The summed E-state index contributed by atoms with van der Waals surface area (Å²) in [5, 5.41) is 17.3. The fourth-order valence-electron chi connectivity index (χ4n) is 0.778. The van der Waals surface area contributed by atoms with Crippen LogP contribution in [0.5, 0.6) is 0 Å². The Kier molecular flexibility index (Phi) is 5.51. The summed E-state index contributed by atoms with van der Waals surface area (Å²) in [4.78, 5) is 19.7. The lowest BCUT2D eigenvalue weighted by atomic mass is 10.1. The van der Waals surface area contributed by atoms with Crippen molar-refractivity contribution in [1.29, 1.82) is 0 Å². The number of hydrogen-bond acceptors (Lipinski definition) is 5. The zero-order valence-electron chi connectivity index (χ0n) is 7.60. The smallest absolute Gasteiger partial charge is 0.334 e. The number of hydrogen-bond donors (Lipinski definition) is 4. The van der Waals surface area contributed by atoms with E-state index in [1.54, 1.807) is 0 Å². The van der Waals surface area contributed by atoms with Crippen molar-refractivity contribution in [3.63, 3.8) is 0 Å². The predicted octanol–water partition coefficient (Wildman–Crippen LogP) is -1.28. The summed E-state index contributed by atoms with van der Waals surface area (Å²) >= 11 is 0.894. The Balaban J connectivity index is 4.24. The number of carboxylic acids is 1. The molecule has 6 N–H and O–H groups in total. The Hall–Kier alpha value is -0.790. The number of primary amides is 1. The quantitative estimate of drug-likeness (QED) is 0.397. The van der Waals surface area contributed by atoms with Gasteiger partial charge >= 0.3 is 5.97 Å². The molecule has 14 heavy (non-hydrogen) atoms. The Bertz CT molecular complexity index is 224. The highest BCUT2D eigenvalue weighted by Crippen LogP contribution is 2.24. The summed E-state index contributed by atoms with van der Waals surface area (Å²) in [6.45, 7) is -0.159. The van der Waals surface area contributed by atoms with Crippen molar-refractivity contribution < 1.29 is 19.8 Å². The topological polar surface area (TPSA) is 127 Å². The van der Waals surface area contributed by atoms with E-state index in [2.05, 4.69) is 0 Å². The van der Waals surface area contributed by atoms with Gasteiger partial charge in [-0.25, -0.2) is 4.79 Å². The molecule has 0 spiro atoms. The number of nitrogens with two attached hydrogens (primary N) is 2. The molecular weight excluding hydrogens is 208 g/mol. The third-order valence-electron chi connectivity index (χ3n) is 1.56. The molecule has 0 unspecified atom stereocenters. The van der Waals surface area contributed by atoms with E-state index >= 15 is 0 Å². The minimum absolute atomic E-state index is 0.0394. The van der Waals surface area contributed by atoms with Gasteiger partial charge in [-0.2, -0.15) is 0 Å². The Morgan fingerprint density at radius 1 is 1.43 bits per heavy atom. The fraction of sp³-hybridized carbons (Fsp3) is 0.714.